The Morgan fingerprint density at radius 1 is 1.32 bits per heavy atom. The number of methoxy groups -OCH3 is 1. The maximum atomic E-state index is 11.2. The van der Waals surface area contributed by atoms with Crippen LogP contribution in [0.2, 0.25) is 0 Å². The topological polar surface area (TPSA) is 67.8 Å². The maximum absolute atomic E-state index is 11.2. The Balaban J connectivity index is 2.64. The summed E-state index contributed by atoms with van der Waals surface area (Å²) < 4.78 is 5.06. The smallest absolute Gasteiger partial charge is 0.323 e. The van der Waals surface area contributed by atoms with E-state index >= 15 is 0 Å². The van der Waals surface area contributed by atoms with Gasteiger partial charge in [0.25, 0.3) is 0 Å². The Morgan fingerprint density at radius 3 is 2.32 bits per heavy atom. The third-order valence-corrected chi connectivity index (χ3v) is 2.40. The molecule has 0 heterocycles. The standard InChI is InChI=1S/C14H21NO4/c1-14(2,3)19-15-12(13(16)17)9-10-5-7-11(18-4)8-6-10/h5-8,12,15H,9H2,1-4H3,(H,16,17)/t12-/m0/s1. The molecule has 0 saturated carbocycles. The van der Waals surface area contributed by atoms with E-state index < -0.39 is 17.6 Å². The van der Waals surface area contributed by atoms with Gasteiger partial charge in [0, 0.05) is 6.42 Å². The highest BCUT2D eigenvalue weighted by Crippen LogP contribution is 2.13. The Hall–Kier alpha value is -1.59. The van der Waals surface area contributed by atoms with Crippen LogP contribution in [0, 0.1) is 0 Å². The lowest BCUT2D eigenvalue weighted by Gasteiger charge is -2.23. The highest BCUT2D eigenvalue weighted by Gasteiger charge is 2.21. The first kappa shape index (κ1) is 15.5. The van der Waals surface area contributed by atoms with Crippen LogP contribution in [0.25, 0.3) is 0 Å². The van der Waals surface area contributed by atoms with E-state index in [9.17, 15) is 4.79 Å². The first-order chi connectivity index (χ1) is 8.81. The van der Waals surface area contributed by atoms with E-state index in [0.717, 1.165) is 11.3 Å². The zero-order chi connectivity index (χ0) is 14.5. The molecule has 0 saturated heterocycles. The molecular weight excluding hydrogens is 246 g/mol. The molecule has 1 aromatic rings. The molecule has 19 heavy (non-hydrogen) atoms. The minimum atomic E-state index is -0.944. The first-order valence-electron chi connectivity index (χ1n) is 6.11. The van der Waals surface area contributed by atoms with Crippen LogP contribution in [0.3, 0.4) is 0 Å². The quantitative estimate of drug-likeness (QED) is 0.772. The average Bonchev–Trinajstić information content (AvgIpc) is 2.33. The molecule has 0 amide bonds. The van der Waals surface area contributed by atoms with Crippen molar-refractivity contribution < 1.29 is 19.5 Å². The fourth-order valence-electron chi connectivity index (χ4n) is 1.42. The van der Waals surface area contributed by atoms with E-state index in [0.29, 0.717) is 6.42 Å². The summed E-state index contributed by atoms with van der Waals surface area (Å²) in [6.45, 7) is 5.56. The summed E-state index contributed by atoms with van der Waals surface area (Å²) in [4.78, 5) is 16.5. The number of rotatable bonds is 6. The zero-order valence-electron chi connectivity index (χ0n) is 11.8. The Bertz CT molecular complexity index is 408. The molecule has 0 spiro atoms. The molecule has 1 atom stereocenters. The summed E-state index contributed by atoms with van der Waals surface area (Å²) in [5.41, 5.74) is 3.07. The number of benzene rings is 1. The molecule has 1 aromatic carbocycles. The highest BCUT2D eigenvalue weighted by molar-refractivity contribution is 5.73. The molecule has 5 nitrogen and oxygen atoms in total. The molecule has 0 aromatic heterocycles. The number of aliphatic carboxylic acids is 1. The molecule has 0 aliphatic carbocycles. The van der Waals surface area contributed by atoms with Gasteiger partial charge in [-0.05, 0) is 38.5 Å². The minimum absolute atomic E-state index is 0.343. The summed E-state index contributed by atoms with van der Waals surface area (Å²) in [5, 5.41) is 9.16. The SMILES string of the molecule is COc1ccc(C[C@H](NOC(C)(C)C)C(=O)O)cc1. The monoisotopic (exact) mass is 267 g/mol. The van der Waals surface area contributed by atoms with Gasteiger partial charge in [-0.3, -0.25) is 9.63 Å². The van der Waals surface area contributed by atoms with Crippen molar-refractivity contribution in [1.29, 1.82) is 0 Å². The highest BCUT2D eigenvalue weighted by atomic mass is 16.7. The molecule has 0 radical (unpaired) electrons. The summed E-state index contributed by atoms with van der Waals surface area (Å²) in [6, 6.07) is 6.51. The lowest BCUT2D eigenvalue weighted by Crippen LogP contribution is -2.42. The Kier molecular flexibility index (Phi) is 5.32. The number of carboxylic acid groups (broad SMARTS) is 1. The fourth-order valence-corrected chi connectivity index (χ4v) is 1.42. The van der Waals surface area contributed by atoms with Crippen LogP contribution in [0.15, 0.2) is 24.3 Å². The number of nitrogens with one attached hydrogen (secondary N) is 1. The fraction of sp³-hybridized carbons (Fsp3) is 0.500. The summed E-state index contributed by atoms with van der Waals surface area (Å²) in [5.74, 6) is -0.199. The summed E-state index contributed by atoms with van der Waals surface area (Å²) >= 11 is 0. The third-order valence-electron chi connectivity index (χ3n) is 2.40. The van der Waals surface area contributed by atoms with E-state index in [-0.39, 0.29) is 0 Å². The molecule has 0 fully saturated rings. The van der Waals surface area contributed by atoms with Crippen LogP contribution in [-0.2, 0) is 16.1 Å². The van der Waals surface area contributed by atoms with Gasteiger partial charge < -0.3 is 9.84 Å². The molecular formula is C14H21NO4. The van der Waals surface area contributed by atoms with Gasteiger partial charge in [-0.15, -0.1) is 0 Å². The molecule has 2 N–H and O–H groups in total. The van der Waals surface area contributed by atoms with Crippen molar-refractivity contribution in [2.75, 3.05) is 7.11 Å². The van der Waals surface area contributed by atoms with Gasteiger partial charge in [0.15, 0.2) is 0 Å². The minimum Gasteiger partial charge on any atom is -0.497 e. The van der Waals surface area contributed by atoms with E-state index in [1.54, 1.807) is 19.2 Å². The molecule has 0 aliphatic heterocycles. The number of carbonyl (C=O) groups is 1. The maximum Gasteiger partial charge on any atom is 0.323 e. The lowest BCUT2D eigenvalue weighted by molar-refractivity contribution is -0.150. The normalized spacial score (nSPS) is 13.1. The van der Waals surface area contributed by atoms with Gasteiger partial charge in [-0.1, -0.05) is 12.1 Å². The molecule has 1 rings (SSSR count). The van der Waals surface area contributed by atoms with Crippen LogP contribution in [0.1, 0.15) is 26.3 Å². The van der Waals surface area contributed by atoms with E-state index in [1.165, 1.54) is 0 Å². The molecule has 106 valence electrons. The van der Waals surface area contributed by atoms with Gasteiger partial charge in [-0.25, -0.2) is 0 Å². The second-order valence-electron chi connectivity index (χ2n) is 5.28. The summed E-state index contributed by atoms with van der Waals surface area (Å²) in [7, 11) is 1.59. The van der Waals surface area contributed by atoms with Crippen LogP contribution in [-0.4, -0.2) is 29.8 Å². The van der Waals surface area contributed by atoms with Gasteiger partial charge in [0.2, 0.25) is 0 Å². The largest absolute Gasteiger partial charge is 0.497 e. The number of hydrogen-bond donors (Lipinski definition) is 2. The predicted molar refractivity (Wildman–Crippen MR) is 72.1 cm³/mol. The number of ether oxygens (including phenoxy) is 1. The van der Waals surface area contributed by atoms with Crippen molar-refractivity contribution in [2.24, 2.45) is 0 Å². The van der Waals surface area contributed by atoms with Crippen molar-refractivity contribution in [2.45, 2.75) is 38.8 Å². The average molecular weight is 267 g/mol. The molecule has 5 heteroatoms. The van der Waals surface area contributed by atoms with E-state index in [4.69, 9.17) is 14.7 Å². The van der Waals surface area contributed by atoms with Crippen LogP contribution < -0.4 is 10.2 Å². The number of hydrogen-bond acceptors (Lipinski definition) is 4. The van der Waals surface area contributed by atoms with Crippen molar-refractivity contribution in [1.82, 2.24) is 5.48 Å². The van der Waals surface area contributed by atoms with Crippen molar-refractivity contribution in [3.05, 3.63) is 29.8 Å². The second kappa shape index (κ2) is 6.54. The summed E-state index contributed by atoms with van der Waals surface area (Å²) in [6.07, 6.45) is 0.343. The van der Waals surface area contributed by atoms with Crippen LogP contribution in [0.5, 0.6) is 5.75 Å². The molecule has 0 unspecified atom stereocenters. The van der Waals surface area contributed by atoms with E-state index in [1.807, 2.05) is 32.9 Å². The van der Waals surface area contributed by atoms with Gasteiger partial charge in [0.1, 0.15) is 11.8 Å². The van der Waals surface area contributed by atoms with Crippen LogP contribution in [0.4, 0.5) is 0 Å². The van der Waals surface area contributed by atoms with Crippen molar-refractivity contribution in [3.8, 4) is 5.75 Å². The lowest BCUT2D eigenvalue weighted by atomic mass is 10.1. The molecule has 0 bridgehead atoms. The van der Waals surface area contributed by atoms with Gasteiger partial charge in [0.05, 0.1) is 12.7 Å². The Labute approximate surface area is 113 Å². The van der Waals surface area contributed by atoms with Crippen molar-refractivity contribution in [3.63, 3.8) is 0 Å². The first-order valence-corrected chi connectivity index (χ1v) is 6.11. The number of carboxylic acids is 1. The predicted octanol–water partition coefficient (Wildman–Crippen LogP) is 2.01. The number of hydroxylamine groups is 1. The second-order valence-corrected chi connectivity index (χ2v) is 5.28. The molecule has 0 aliphatic rings. The van der Waals surface area contributed by atoms with Crippen molar-refractivity contribution >= 4 is 5.97 Å². The van der Waals surface area contributed by atoms with Gasteiger partial charge >= 0.3 is 5.97 Å². The third kappa shape index (κ3) is 5.72. The zero-order valence-corrected chi connectivity index (χ0v) is 11.8. The Morgan fingerprint density at radius 2 is 1.89 bits per heavy atom. The van der Waals surface area contributed by atoms with E-state index in [2.05, 4.69) is 5.48 Å². The van der Waals surface area contributed by atoms with Crippen LogP contribution >= 0.6 is 0 Å². The van der Waals surface area contributed by atoms with Gasteiger partial charge in [-0.2, -0.15) is 5.48 Å².